The first-order valence-corrected chi connectivity index (χ1v) is 9.59. The lowest BCUT2D eigenvalue weighted by Gasteiger charge is -2.19. The topological polar surface area (TPSA) is 140 Å². The van der Waals surface area contributed by atoms with Crippen LogP contribution < -0.4 is 21.7 Å². The number of carbonyl (C=O) groups is 4. The van der Waals surface area contributed by atoms with Crippen molar-refractivity contribution in [2.45, 2.75) is 57.2 Å². The quantitative estimate of drug-likeness (QED) is 0.456. The molecule has 1 rings (SSSR count). The lowest BCUT2D eigenvalue weighted by atomic mass is 10.2. The van der Waals surface area contributed by atoms with Gasteiger partial charge in [0.15, 0.2) is 6.10 Å². The van der Waals surface area contributed by atoms with Gasteiger partial charge < -0.3 is 21.1 Å². The van der Waals surface area contributed by atoms with E-state index in [0.29, 0.717) is 12.2 Å². The van der Waals surface area contributed by atoms with Crippen molar-refractivity contribution in [3.8, 4) is 0 Å². The molecule has 0 spiro atoms. The first-order chi connectivity index (χ1) is 11.8. The maximum Gasteiger partial charge on any atom is 0.329 e. The van der Waals surface area contributed by atoms with Gasteiger partial charge in [0.05, 0.1) is 0 Å². The van der Waals surface area contributed by atoms with E-state index in [1.165, 1.54) is 18.7 Å². The van der Waals surface area contributed by atoms with Crippen molar-refractivity contribution in [3.05, 3.63) is 0 Å². The smallest absolute Gasteiger partial charge is 0.329 e. The summed E-state index contributed by atoms with van der Waals surface area (Å²) in [5, 5.41) is 7.15. The number of thioether (sulfide) groups is 1. The minimum atomic E-state index is -1.17. The Hall–Kier alpha value is -1.97. The zero-order chi connectivity index (χ0) is 18.8. The Morgan fingerprint density at radius 3 is 2.44 bits per heavy atom. The summed E-state index contributed by atoms with van der Waals surface area (Å²) in [4.78, 5) is 46.8. The second-order valence-electron chi connectivity index (χ2n) is 5.87. The number of ether oxygens (including phenoxy) is 1. The van der Waals surface area contributed by atoms with Gasteiger partial charge in [-0.05, 0) is 38.2 Å². The minimum absolute atomic E-state index is 0.0707. The van der Waals surface area contributed by atoms with Crippen molar-refractivity contribution in [2.24, 2.45) is 5.73 Å². The normalized spacial score (nSPS) is 16.6. The van der Waals surface area contributed by atoms with Crippen LogP contribution in [0, 0.1) is 0 Å². The maximum absolute atomic E-state index is 12.1. The monoisotopic (exact) mass is 374 g/mol. The van der Waals surface area contributed by atoms with E-state index in [1.807, 2.05) is 6.26 Å². The summed E-state index contributed by atoms with van der Waals surface area (Å²) in [5.74, 6) is -0.900. The molecule has 5 N–H and O–H groups in total. The molecule has 1 fully saturated rings. The van der Waals surface area contributed by atoms with Crippen molar-refractivity contribution in [2.75, 3.05) is 12.0 Å². The number of hydrogen-bond acceptors (Lipinski definition) is 6. The summed E-state index contributed by atoms with van der Waals surface area (Å²) in [6.45, 7) is 1.35. The molecule has 0 unspecified atom stereocenters. The van der Waals surface area contributed by atoms with Crippen LogP contribution in [-0.4, -0.2) is 54.1 Å². The third-order valence-electron chi connectivity index (χ3n) is 3.80. The highest BCUT2D eigenvalue weighted by Crippen LogP contribution is 2.17. The molecule has 0 heterocycles. The molecule has 142 valence electrons. The number of amides is 5. The molecule has 10 heteroatoms. The summed E-state index contributed by atoms with van der Waals surface area (Å²) in [7, 11) is 0. The molecule has 0 saturated heterocycles. The number of carbonyl (C=O) groups excluding carboxylic acids is 4. The first-order valence-electron chi connectivity index (χ1n) is 8.20. The molecule has 2 atom stereocenters. The molecular weight excluding hydrogens is 348 g/mol. The number of rotatable bonds is 8. The van der Waals surface area contributed by atoms with Crippen LogP contribution in [0.15, 0.2) is 0 Å². The summed E-state index contributed by atoms with van der Waals surface area (Å²) in [5.41, 5.74) is 5.04. The Kier molecular flexibility index (Phi) is 9.11. The maximum atomic E-state index is 12.1. The van der Waals surface area contributed by atoms with Crippen LogP contribution in [0.25, 0.3) is 0 Å². The van der Waals surface area contributed by atoms with Gasteiger partial charge in [0.1, 0.15) is 6.04 Å². The molecule has 9 nitrogen and oxygen atoms in total. The predicted molar refractivity (Wildman–Crippen MR) is 94.0 cm³/mol. The Bertz CT molecular complexity index is 496. The van der Waals surface area contributed by atoms with Crippen LogP contribution in [0.3, 0.4) is 0 Å². The summed E-state index contributed by atoms with van der Waals surface area (Å²) in [6.07, 6.45) is 4.89. The molecule has 1 aliphatic rings. The zero-order valence-electron chi connectivity index (χ0n) is 14.5. The van der Waals surface area contributed by atoms with Crippen LogP contribution in [0.2, 0.25) is 0 Å². The highest BCUT2D eigenvalue weighted by atomic mass is 32.2. The second-order valence-corrected chi connectivity index (χ2v) is 6.85. The van der Waals surface area contributed by atoms with Gasteiger partial charge in [0.25, 0.3) is 5.91 Å². The molecule has 0 aliphatic heterocycles. The molecule has 1 aliphatic carbocycles. The van der Waals surface area contributed by atoms with E-state index in [9.17, 15) is 19.2 Å². The fraction of sp³-hybridized carbons (Fsp3) is 0.733. The average Bonchev–Trinajstić information content (AvgIpc) is 3.03. The number of esters is 1. The molecule has 0 aromatic carbocycles. The summed E-state index contributed by atoms with van der Waals surface area (Å²) in [6, 6.07) is -2.32. The number of hydrogen-bond donors (Lipinski definition) is 4. The lowest BCUT2D eigenvalue weighted by molar-refractivity contribution is -0.156. The fourth-order valence-corrected chi connectivity index (χ4v) is 2.94. The van der Waals surface area contributed by atoms with Crippen LogP contribution in [0.4, 0.5) is 9.59 Å². The van der Waals surface area contributed by atoms with Gasteiger partial charge in [0, 0.05) is 6.04 Å². The third kappa shape index (κ3) is 8.10. The number of nitrogens with one attached hydrogen (secondary N) is 3. The van der Waals surface area contributed by atoms with Gasteiger partial charge in [-0.25, -0.2) is 14.4 Å². The largest absolute Gasteiger partial charge is 0.451 e. The number of primary amides is 1. The molecule has 5 amide bonds. The van der Waals surface area contributed by atoms with Crippen molar-refractivity contribution >= 4 is 35.7 Å². The lowest BCUT2D eigenvalue weighted by Crippen LogP contribution is -2.49. The minimum Gasteiger partial charge on any atom is -0.451 e. The van der Waals surface area contributed by atoms with Crippen LogP contribution >= 0.6 is 11.8 Å². The molecule has 25 heavy (non-hydrogen) atoms. The van der Waals surface area contributed by atoms with Gasteiger partial charge in [-0.2, -0.15) is 11.8 Å². The van der Waals surface area contributed by atoms with E-state index in [4.69, 9.17) is 10.5 Å². The van der Waals surface area contributed by atoms with Crippen LogP contribution in [-0.2, 0) is 14.3 Å². The standard InChI is InChI=1S/C15H26N4O5S/c1-9(12(20)19-15(23)17-10-5-3-4-6-10)24-13(21)11(7-8-25-2)18-14(16)22/h9-11H,3-8H2,1-2H3,(H3,16,18,22)(H2,17,19,20,23)/t9-,11-/m0/s1. The Balaban J connectivity index is 2.45. The third-order valence-corrected chi connectivity index (χ3v) is 4.44. The Labute approximate surface area is 151 Å². The van der Waals surface area contributed by atoms with Crippen molar-refractivity contribution in [1.82, 2.24) is 16.0 Å². The van der Waals surface area contributed by atoms with Crippen molar-refractivity contribution in [1.29, 1.82) is 0 Å². The molecule has 1 saturated carbocycles. The molecular formula is C15H26N4O5S. The number of imide groups is 1. The van der Waals surface area contributed by atoms with E-state index in [-0.39, 0.29) is 6.04 Å². The Morgan fingerprint density at radius 1 is 1.24 bits per heavy atom. The van der Waals surface area contributed by atoms with E-state index in [0.717, 1.165) is 25.7 Å². The van der Waals surface area contributed by atoms with Gasteiger partial charge in [0.2, 0.25) is 0 Å². The van der Waals surface area contributed by atoms with Gasteiger partial charge in [-0.1, -0.05) is 12.8 Å². The highest BCUT2D eigenvalue weighted by molar-refractivity contribution is 7.98. The van der Waals surface area contributed by atoms with E-state index in [1.54, 1.807) is 0 Å². The number of nitrogens with two attached hydrogens (primary N) is 1. The van der Waals surface area contributed by atoms with E-state index in [2.05, 4.69) is 16.0 Å². The average molecular weight is 374 g/mol. The zero-order valence-corrected chi connectivity index (χ0v) is 15.3. The predicted octanol–water partition coefficient (Wildman–Crippen LogP) is 0.477. The molecule has 0 aromatic rings. The van der Waals surface area contributed by atoms with Crippen LogP contribution in [0.1, 0.15) is 39.0 Å². The molecule has 0 aromatic heterocycles. The van der Waals surface area contributed by atoms with Crippen molar-refractivity contribution in [3.63, 3.8) is 0 Å². The van der Waals surface area contributed by atoms with Gasteiger partial charge in [-0.15, -0.1) is 0 Å². The van der Waals surface area contributed by atoms with E-state index >= 15 is 0 Å². The van der Waals surface area contributed by atoms with Gasteiger partial charge >= 0.3 is 18.0 Å². The molecule has 0 radical (unpaired) electrons. The highest BCUT2D eigenvalue weighted by Gasteiger charge is 2.27. The SMILES string of the molecule is CSCC[C@H](NC(N)=O)C(=O)O[C@@H](C)C(=O)NC(=O)NC1CCCC1. The van der Waals surface area contributed by atoms with E-state index < -0.39 is 36.1 Å². The van der Waals surface area contributed by atoms with Crippen molar-refractivity contribution < 1.29 is 23.9 Å². The fourth-order valence-electron chi connectivity index (χ4n) is 2.47. The first kappa shape index (κ1) is 21.1. The summed E-state index contributed by atoms with van der Waals surface area (Å²) < 4.78 is 5.03. The Morgan fingerprint density at radius 2 is 1.88 bits per heavy atom. The summed E-state index contributed by atoms with van der Waals surface area (Å²) >= 11 is 1.49. The van der Waals surface area contributed by atoms with Gasteiger partial charge in [-0.3, -0.25) is 10.1 Å². The molecule has 0 bridgehead atoms. The van der Waals surface area contributed by atoms with Crippen LogP contribution in [0.5, 0.6) is 0 Å². The number of urea groups is 2. The second kappa shape index (κ2) is 10.8.